The zero-order valence-corrected chi connectivity index (χ0v) is 12.1. The van der Waals surface area contributed by atoms with Crippen molar-refractivity contribution in [3.05, 3.63) is 18.2 Å². The van der Waals surface area contributed by atoms with Crippen LogP contribution in [0, 0.1) is 5.41 Å². The first-order valence-electron chi connectivity index (χ1n) is 7.55. The minimum atomic E-state index is 0.435. The fourth-order valence-electron chi connectivity index (χ4n) is 4.22. The van der Waals surface area contributed by atoms with Crippen molar-refractivity contribution in [3.8, 4) is 0 Å². The summed E-state index contributed by atoms with van der Waals surface area (Å²) in [6, 6.07) is 0.676. The lowest BCUT2D eigenvalue weighted by molar-refractivity contribution is -0.162. The van der Waals surface area contributed by atoms with Crippen molar-refractivity contribution in [2.45, 2.75) is 57.7 Å². The van der Waals surface area contributed by atoms with Crippen molar-refractivity contribution in [1.82, 2.24) is 14.9 Å². The minimum Gasteiger partial charge on any atom is -0.378 e. The fraction of sp³-hybridized carbons (Fsp3) is 0.800. The summed E-state index contributed by atoms with van der Waals surface area (Å²) in [7, 11) is 2.24. The Morgan fingerprint density at radius 2 is 2.26 bits per heavy atom. The van der Waals surface area contributed by atoms with Crippen LogP contribution in [-0.2, 0) is 11.3 Å². The van der Waals surface area contributed by atoms with E-state index in [1.165, 1.54) is 37.8 Å². The van der Waals surface area contributed by atoms with Crippen LogP contribution in [0.5, 0.6) is 0 Å². The standard InChI is InChI=1S/C15H25N3O/c1-3-19-14-8-13(15(14)6-4-5-7-15)18(2)10-12-9-16-11-17-12/h9,11,13-14H,3-8,10H2,1-2H3,(H,16,17)/t13-,14-/m1/s1. The molecule has 0 unspecified atom stereocenters. The van der Waals surface area contributed by atoms with E-state index in [0.717, 1.165) is 13.2 Å². The molecular weight excluding hydrogens is 238 g/mol. The van der Waals surface area contributed by atoms with E-state index in [1.807, 2.05) is 6.20 Å². The Hall–Kier alpha value is -0.870. The highest BCUT2D eigenvalue weighted by atomic mass is 16.5. The van der Waals surface area contributed by atoms with Crippen LogP contribution in [0.3, 0.4) is 0 Å². The lowest BCUT2D eigenvalue weighted by Gasteiger charge is -2.57. The predicted molar refractivity (Wildman–Crippen MR) is 74.8 cm³/mol. The molecule has 19 heavy (non-hydrogen) atoms. The van der Waals surface area contributed by atoms with E-state index >= 15 is 0 Å². The van der Waals surface area contributed by atoms with Gasteiger partial charge < -0.3 is 9.72 Å². The van der Waals surface area contributed by atoms with Crippen molar-refractivity contribution in [2.75, 3.05) is 13.7 Å². The van der Waals surface area contributed by atoms with Crippen LogP contribution < -0.4 is 0 Å². The molecule has 1 aromatic heterocycles. The molecule has 1 spiro atoms. The van der Waals surface area contributed by atoms with E-state index in [1.54, 1.807) is 6.33 Å². The molecule has 106 valence electrons. The van der Waals surface area contributed by atoms with Gasteiger partial charge >= 0.3 is 0 Å². The van der Waals surface area contributed by atoms with Crippen LogP contribution in [0.25, 0.3) is 0 Å². The molecule has 2 atom stereocenters. The maximum atomic E-state index is 5.98. The number of aromatic nitrogens is 2. The first kappa shape index (κ1) is 13.1. The molecule has 0 aliphatic heterocycles. The number of aromatic amines is 1. The predicted octanol–water partition coefficient (Wildman–Crippen LogP) is 2.58. The van der Waals surface area contributed by atoms with Gasteiger partial charge in [-0.2, -0.15) is 0 Å². The summed E-state index contributed by atoms with van der Waals surface area (Å²) in [6.07, 6.45) is 10.8. The average Bonchev–Trinajstić information content (AvgIpc) is 3.05. The highest BCUT2D eigenvalue weighted by Crippen LogP contribution is 2.56. The second kappa shape index (κ2) is 5.25. The van der Waals surface area contributed by atoms with E-state index in [4.69, 9.17) is 4.74 Å². The Morgan fingerprint density at radius 1 is 1.47 bits per heavy atom. The van der Waals surface area contributed by atoms with Gasteiger partial charge in [-0.05, 0) is 33.2 Å². The molecule has 0 aromatic carbocycles. The monoisotopic (exact) mass is 263 g/mol. The van der Waals surface area contributed by atoms with Gasteiger partial charge in [-0.3, -0.25) is 4.90 Å². The average molecular weight is 263 g/mol. The van der Waals surface area contributed by atoms with Crippen LogP contribution >= 0.6 is 0 Å². The van der Waals surface area contributed by atoms with E-state index in [9.17, 15) is 0 Å². The van der Waals surface area contributed by atoms with E-state index in [2.05, 4.69) is 28.8 Å². The van der Waals surface area contributed by atoms with Crippen molar-refractivity contribution >= 4 is 0 Å². The molecule has 0 amide bonds. The molecule has 2 aliphatic rings. The molecule has 0 radical (unpaired) electrons. The number of nitrogens with zero attached hydrogens (tertiary/aromatic N) is 2. The first-order chi connectivity index (χ1) is 9.26. The van der Waals surface area contributed by atoms with E-state index in [0.29, 0.717) is 17.6 Å². The van der Waals surface area contributed by atoms with Gasteiger partial charge in [0, 0.05) is 36.5 Å². The molecule has 1 heterocycles. The van der Waals surface area contributed by atoms with Crippen molar-refractivity contribution in [3.63, 3.8) is 0 Å². The van der Waals surface area contributed by atoms with Crippen LogP contribution in [0.2, 0.25) is 0 Å². The molecule has 4 nitrogen and oxygen atoms in total. The van der Waals surface area contributed by atoms with Gasteiger partial charge in [0.2, 0.25) is 0 Å². The maximum absolute atomic E-state index is 5.98. The van der Waals surface area contributed by atoms with Crippen LogP contribution in [0.15, 0.2) is 12.5 Å². The normalized spacial score (nSPS) is 29.0. The fourth-order valence-corrected chi connectivity index (χ4v) is 4.22. The number of hydrogen-bond donors (Lipinski definition) is 1. The largest absolute Gasteiger partial charge is 0.378 e. The zero-order valence-electron chi connectivity index (χ0n) is 12.1. The number of imidazole rings is 1. The van der Waals surface area contributed by atoms with Crippen molar-refractivity contribution in [1.29, 1.82) is 0 Å². The summed E-state index contributed by atoms with van der Waals surface area (Å²) in [5.41, 5.74) is 1.64. The Bertz CT molecular complexity index is 398. The number of hydrogen-bond acceptors (Lipinski definition) is 3. The number of H-pyrrole nitrogens is 1. The highest BCUT2D eigenvalue weighted by molar-refractivity contribution is 5.11. The third-order valence-electron chi connectivity index (χ3n) is 5.15. The lowest BCUT2D eigenvalue weighted by atomic mass is 9.60. The number of ether oxygens (including phenoxy) is 1. The first-order valence-corrected chi connectivity index (χ1v) is 7.55. The molecule has 2 fully saturated rings. The molecule has 2 saturated carbocycles. The number of rotatable bonds is 5. The molecular formula is C15H25N3O. The summed E-state index contributed by atoms with van der Waals surface area (Å²) in [5, 5.41) is 0. The molecule has 0 saturated heterocycles. The van der Waals surface area contributed by atoms with Crippen LogP contribution in [-0.4, -0.2) is 40.7 Å². The molecule has 2 aliphatic carbocycles. The van der Waals surface area contributed by atoms with Gasteiger partial charge in [-0.1, -0.05) is 12.8 Å². The summed E-state index contributed by atoms with van der Waals surface area (Å²) >= 11 is 0. The topological polar surface area (TPSA) is 41.1 Å². The molecule has 3 rings (SSSR count). The van der Waals surface area contributed by atoms with Gasteiger partial charge in [0.15, 0.2) is 0 Å². The third kappa shape index (κ3) is 2.21. The van der Waals surface area contributed by atoms with Crippen molar-refractivity contribution in [2.24, 2.45) is 5.41 Å². The highest BCUT2D eigenvalue weighted by Gasteiger charge is 2.57. The Balaban J connectivity index is 1.67. The van der Waals surface area contributed by atoms with Gasteiger partial charge in [-0.15, -0.1) is 0 Å². The van der Waals surface area contributed by atoms with Crippen LogP contribution in [0.4, 0.5) is 0 Å². The van der Waals surface area contributed by atoms with E-state index < -0.39 is 0 Å². The second-order valence-electron chi connectivity index (χ2n) is 6.13. The van der Waals surface area contributed by atoms with Crippen LogP contribution in [0.1, 0.15) is 44.7 Å². The summed E-state index contributed by atoms with van der Waals surface area (Å²) in [6.45, 7) is 3.93. The zero-order chi connectivity index (χ0) is 13.3. The smallest absolute Gasteiger partial charge is 0.0922 e. The van der Waals surface area contributed by atoms with Gasteiger partial charge in [-0.25, -0.2) is 4.98 Å². The third-order valence-corrected chi connectivity index (χ3v) is 5.15. The molecule has 1 aromatic rings. The Kier molecular flexibility index (Phi) is 3.63. The number of nitrogens with one attached hydrogen (secondary N) is 1. The Labute approximate surface area is 115 Å². The van der Waals surface area contributed by atoms with Gasteiger partial charge in [0.25, 0.3) is 0 Å². The van der Waals surface area contributed by atoms with Gasteiger partial charge in [0.1, 0.15) is 0 Å². The molecule has 1 N–H and O–H groups in total. The van der Waals surface area contributed by atoms with E-state index in [-0.39, 0.29) is 0 Å². The van der Waals surface area contributed by atoms with Gasteiger partial charge in [0.05, 0.1) is 12.4 Å². The Morgan fingerprint density at radius 3 is 2.89 bits per heavy atom. The maximum Gasteiger partial charge on any atom is 0.0922 e. The summed E-state index contributed by atoms with van der Waals surface area (Å²) in [4.78, 5) is 9.80. The second-order valence-corrected chi connectivity index (χ2v) is 6.13. The summed E-state index contributed by atoms with van der Waals surface area (Å²) < 4.78 is 5.98. The quantitative estimate of drug-likeness (QED) is 0.887. The minimum absolute atomic E-state index is 0.435. The molecule has 0 bridgehead atoms. The lowest BCUT2D eigenvalue weighted by Crippen LogP contribution is -2.62. The van der Waals surface area contributed by atoms with Crippen molar-refractivity contribution < 1.29 is 4.74 Å². The SMILES string of the molecule is CCO[C@@H]1C[C@@H](N(C)Cc2cnc[nH]2)C12CCCC2. The molecule has 4 heteroatoms. The summed E-state index contributed by atoms with van der Waals surface area (Å²) in [5.74, 6) is 0.